The summed E-state index contributed by atoms with van der Waals surface area (Å²) in [7, 11) is 0. The van der Waals surface area contributed by atoms with E-state index >= 15 is 0 Å². The topological polar surface area (TPSA) is 178 Å². The molecule has 0 aromatic rings. The van der Waals surface area contributed by atoms with Crippen LogP contribution in [0.4, 0.5) is 4.79 Å². The molecule has 0 saturated heterocycles. The van der Waals surface area contributed by atoms with Gasteiger partial charge in [-0.15, -0.1) is 0 Å². The molecule has 0 rings (SSSR count). The van der Waals surface area contributed by atoms with E-state index in [1.807, 2.05) is 0 Å². The van der Waals surface area contributed by atoms with E-state index in [1.165, 1.54) is 0 Å². The van der Waals surface area contributed by atoms with Crippen LogP contribution in [0.1, 0.15) is 0 Å². The predicted octanol–water partition coefficient (Wildman–Crippen LogP) is -0.490. The second-order valence-electron chi connectivity index (χ2n) is 0.283. The average molecular weight is 259 g/mol. The third-order valence-corrected chi connectivity index (χ3v) is 0. The molecule has 0 aromatic carbocycles. The maximum atomic E-state index is 8.56. The monoisotopic (exact) mass is 257 g/mol. The molecule has 0 aliphatic rings. The molecule has 0 bridgehead atoms. The minimum absolute atomic E-state index is 0. The summed E-state index contributed by atoms with van der Waals surface area (Å²) in [4.78, 5) is 8.56. The fraction of sp³-hybridized carbons (Fsp3) is 0. The summed E-state index contributed by atoms with van der Waals surface area (Å²) in [5.41, 5.74) is 0. The molecule has 0 saturated carbocycles. The van der Waals surface area contributed by atoms with E-state index in [0.29, 0.717) is 0 Å². The standard InChI is InChI=1S/CH2O3.Cu.4H2O.Zn/c2-1(3)4;;;;;;/h(H2,2,3,4);;4*1H2;/q;+2;;;;;+2/p-4. The number of carbonyl (C=O) groups is 1. The van der Waals surface area contributed by atoms with Crippen LogP contribution >= 0.6 is 0 Å². The molecule has 7 nitrogen and oxygen atoms in total. The molecule has 0 aliphatic carbocycles. The molecule has 65 valence electrons. The molecular weight excluding hydrogens is 253 g/mol. The Hall–Kier alpha value is 0.253. The van der Waals surface area contributed by atoms with Crippen LogP contribution in [-0.2, 0) is 36.5 Å². The van der Waals surface area contributed by atoms with Gasteiger partial charge in [-0.1, -0.05) is 0 Å². The molecule has 6 N–H and O–H groups in total. The molecule has 0 aliphatic heterocycles. The van der Waals surface area contributed by atoms with Crippen molar-refractivity contribution in [1.82, 2.24) is 0 Å². The zero-order chi connectivity index (χ0) is 3.58. The maximum absolute atomic E-state index is 8.56. The molecule has 0 spiro atoms. The largest absolute Gasteiger partial charge is 2.00 e. The van der Waals surface area contributed by atoms with Gasteiger partial charge < -0.3 is 32.1 Å². The molecule has 1 radical (unpaired) electrons. The molecule has 0 fully saturated rings. The summed E-state index contributed by atoms with van der Waals surface area (Å²) >= 11 is 0. The van der Waals surface area contributed by atoms with Gasteiger partial charge >= 0.3 is 42.7 Å². The van der Waals surface area contributed by atoms with Gasteiger partial charge in [-0.2, -0.15) is 0 Å². The molecule has 0 unspecified atom stereocenters. The van der Waals surface area contributed by atoms with Crippen molar-refractivity contribution in [2.75, 3.05) is 0 Å². The van der Waals surface area contributed by atoms with Gasteiger partial charge in [0, 0.05) is 0 Å². The van der Waals surface area contributed by atoms with E-state index in [0.717, 1.165) is 0 Å². The summed E-state index contributed by atoms with van der Waals surface area (Å²) in [6.45, 7) is 0. The SMILES string of the molecule is O=C(O)O.[Cu+2].[OH-].[OH-].[OH-].[OH-].[Zn+2]. The summed E-state index contributed by atoms with van der Waals surface area (Å²) in [5, 5.41) is 13.9. The van der Waals surface area contributed by atoms with E-state index in [1.54, 1.807) is 0 Å². The van der Waals surface area contributed by atoms with Gasteiger partial charge in [0.25, 0.3) is 0 Å². The number of carboxylic acid groups (broad SMARTS) is 2. The van der Waals surface area contributed by atoms with Crippen molar-refractivity contribution in [1.29, 1.82) is 0 Å². The Morgan fingerprint density at radius 2 is 0.900 bits per heavy atom. The van der Waals surface area contributed by atoms with Gasteiger partial charge in [-0.3, -0.25) is 0 Å². The van der Waals surface area contributed by atoms with Crippen molar-refractivity contribution in [3.63, 3.8) is 0 Å². The second-order valence-corrected chi connectivity index (χ2v) is 0.283. The van der Waals surface area contributed by atoms with E-state index in [2.05, 4.69) is 0 Å². The van der Waals surface area contributed by atoms with Crippen molar-refractivity contribution in [2.24, 2.45) is 0 Å². The fourth-order valence-electron chi connectivity index (χ4n) is 0. The predicted molar refractivity (Wildman–Crippen MR) is 18.4 cm³/mol. The van der Waals surface area contributed by atoms with Crippen molar-refractivity contribution in [3.8, 4) is 0 Å². The zero-order valence-corrected chi connectivity index (χ0v) is 8.51. The third kappa shape index (κ3) is 6790. The van der Waals surface area contributed by atoms with Crippen molar-refractivity contribution >= 4 is 6.16 Å². The Morgan fingerprint density at radius 1 is 0.900 bits per heavy atom. The van der Waals surface area contributed by atoms with Crippen LogP contribution in [0, 0.1) is 0 Å². The first-order valence-corrected chi connectivity index (χ1v) is 0.651. The number of hydrogen-bond donors (Lipinski definition) is 2. The van der Waals surface area contributed by atoms with E-state index in [9.17, 15) is 0 Å². The molecular formula is CH6CuO7Zn. The Balaban J connectivity index is -0.00000000300. The van der Waals surface area contributed by atoms with Crippen molar-refractivity contribution in [2.45, 2.75) is 0 Å². The molecule has 9 heteroatoms. The number of rotatable bonds is 0. The van der Waals surface area contributed by atoms with Crippen LogP contribution in [0.3, 0.4) is 0 Å². The molecule has 10 heavy (non-hydrogen) atoms. The first-order valence-electron chi connectivity index (χ1n) is 0.651. The van der Waals surface area contributed by atoms with Crippen molar-refractivity contribution in [3.05, 3.63) is 0 Å². The Bertz CT molecular complexity index is 36.6. The van der Waals surface area contributed by atoms with Crippen LogP contribution in [0.2, 0.25) is 0 Å². The van der Waals surface area contributed by atoms with E-state index < -0.39 is 6.16 Å². The zero-order valence-electron chi connectivity index (χ0n) is 4.60. The second kappa shape index (κ2) is 59.6. The van der Waals surface area contributed by atoms with Gasteiger partial charge in [-0.25, -0.2) is 4.79 Å². The van der Waals surface area contributed by atoms with Gasteiger partial charge in [0.1, 0.15) is 0 Å². The quantitative estimate of drug-likeness (QED) is 0.550. The first kappa shape index (κ1) is 83.0. The third-order valence-electron chi connectivity index (χ3n) is 0. The molecule has 0 amide bonds. The Morgan fingerprint density at radius 3 is 0.900 bits per heavy atom. The van der Waals surface area contributed by atoms with Crippen LogP contribution in [0.25, 0.3) is 0 Å². The van der Waals surface area contributed by atoms with Crippen LogP contribution in [0.15, 0.2) is 0 Å². The van der Waals surface area contributed by atoms with Gasteiger partial charge in [0.2, 0.25) is 0 Å². The first-order chi connectivity index (χ1) is 1.73. The van der Waals surface area contributed by atoms with E-state index in [4.69, 9.17) is 15.0 Å². The van der Waals surface area contributed by atoms with Gasteiger partial charge in [0.05, 0.1) is 0 Å². The van der Waals surface area contributed by atoms with Crippen LogP contribution < -0.4 is 0 Å². The summed E-state index contributed by atoms with van der Waals surface area (Å²) in [6, 6.07) is 0. The smallest absolute Gasteiger partial charge is 0.870 e. The molecule has 0 aromatic heterocycles. The summed E-state index contributed by atoms with van der Waals surface area (Å²) < 4.78 is 0. The fourth-order valence-corrected chi connectivity index (χ4v) is 0. The van der Waals surface area contributed by atoms with E-state index in [-0.39, 0.29) is 58.5 Å². The number of hydrogen-bond acceptors (Lipinski definition) is 5. The average Bonchev–Trinajstić information content (AvgIpc) is 0.811. The minimum Gasteiger partial charge on any atom is -0.870 e. The van der Waals surface area contributed by atoms with Gasteiger partial charge in [0.15, 0.2) is 0 Å². The molecule has 0 atom stereocenters. The van der Waals surface area contributed by atoms with Crippen LogP contribution in [-0.4, -0.2) is 38.3 Å². The minimum atomic E-state index is -1.83. The molecule has 0 heterocycles. The Labute approximate surface area is 79.9 Å². The summed E-state index contributed by atoms with van der Waals surface area (Å²) in [5.74, 6) is 0. The summed E-state index contributed by atoms with van der Waals surface area (Å²) in [6.07, 6.45) is -1.83. The van der Waals surface area contributed by atoms with Gasteiger partial charge in [-0.05, 0) is 0 Å². The maximum Gasteiger partial charge on any atom is 2.00 e. The van der Waals surface area contributed by atoms with Crippen LogP contribution in [0.5, 0.6) is 0 Å². The normalized spacial score (nSPS) is 2.40. The Kier molecular flexibility index (Phi) is 494. The van der Waals surface area contributed by atoms with Crippen molar-refractivity contribution < 1.29 is 73.5 Å².